The van der Waals surface area contributed by atoms with E-state index in [0.29, 0.717) is 17.6 Å². The highest BCUT2D eigenvalue weighted by Crippen LogP contribution is 2.23. The molecule has 0 saturated heterocycles. The van der Waals surface area contributed by atoms with Crippen molar-refractivity contribution >= 4 is 11.7 Å². The Morgan fingerprint density at radius 1 is 1.16 bits per heavy atom. The maximum atomic E-state index is 6.08. The Labute approximate surface area is 188 Å². The first kappa shape index (κ1) is 26.0. The Hall–Kier alpha value is -3.08. The van der Waals surface area contributed by atoms with Crippen molar-refractivity contribution in [1.82, 2.24) is 10.3 Å². The second-order valence-electron chi connectivity index (χ2n) is 7.31. The van der Waals surface area contributed by atoms with Crippen LogP contribution in [-0.4, -0.2) is 16.7 Å². The van der Waals surface area contributed by atoms with Gasteiger partial charge >= 0.3 is 0 Å². The van der Waals surface area contributed by atoms with Gasteiger partial charge in [0.15, 0.2) is 5.84 Å². The molecule has 1 aromatic rings. The molecule has 0 aliphatic carbocycles. The highest BCUT2D eigenvalue weighted by molar-refractivity contribution is 6.06. The molecule has 168 valence electrons. The minimum Gasteiger partial charge on any atom is -0.387 e. The van der Waals surface area contributed by atoms with Crippen molar-refractivity contribution in [3.8, 4) is 0 Å². The van der Waals surface area contributed by atoms with E-state index in [2.05, 4.69) is 85.6 Å². The lowest BCUT2D eigenvalue weighted by Crippen LogP contribution is -2.31. The van der Waals surface area contributed by atoms with E-state index in [1.54, 1.807) is 0 Å². The molecule has 2 rings (SSSR count). The average Bonchev–Trinajstić information content (AvgIpc) is 2.76. The molecular formula is C26H39N5. The molecule has 1 aliphatic rings. The van der Waals surface area contributed by atoms with E-state index in [1.165, 1.54) is 5.56 Å². The maximum absolute atomic E-state index is 6.08. The average molecular weight is 422 g/mol. The summed E-state index contributed by atoms with van der Waals surface area (Å²) in [4.78, 5) is 4.27. The molecule has 1 unspecified atom stereocenters. The fourth-order valence-corrected chi connectivity index (χ4v) is 2.89. The molecule has 1 heterocycles. The van der Waals surface area contributed by atoms with Crippen molar-refractivity contribution < 1.29 is 0 Å². The van der Waals surface area contributed by atoms with Crippen LogP contribution in [0.5, 0.6) is 0 Å². The molecule has 0 amide bonds. The van der Waals surface area contributed by atoms with Gasteiger partial charge in [0, 0.05) is 12.7 Å². The third kappa shape index (κ3) is 9.51. The van der Waals surface area contributed by atoms with Gasteiger partial charge in [-0.1, -0.05) is 75.4 Å². The van der Waals surface area contributed by atoms with Gasteiger partial charge in [0.25, 0.3) is 0 Å². The minimum atomic E-state index is 0.305. The molecule has 1 aromatic carbocycles. The molecule has 5 heteroatoms. The fraction of sp³-hybridized carbons (Fsp3) is 0.385. The van der Waals surface area contributed by atoms with Crippen LogP contribution in [0, 0.1) is 5.92 Å². The summed E-state index contributed by atoms with van der Waals surface area (Å²) in [6, 6.07) is 10.4. The number of amidine groups is 2. The summed E-state index contributed by atoms with van der Waals surface area (Å²) >= 11 is 0. The van der Waals surface area contributed by atoms with Crippen molar-refractivity contribution in [1.29, 1.82) is 0 Å². The number of benzene rings is 1. The number of allylic oxidation sites excluding steroid dienone is 5. The molecule has 3 N–H and O–H groups in total. The van der Waals surface area contributed by atoms with Gasteiger partial charge < -0.3 is 11.1 Å². The highest BCUT2D eigenvalue weighted by Gasteiger charge is 2.20. The van der Waals surface area contributed by atoms with Gasteiger partial charge in [-0.05, 0) is 56.9 Å². The zero-order valence-corrected chi connectivity index (χ0v) is 20.0. The van der Waals surface area contributed by atoms with E-state index in [0.717, 1.165) is 30.7 Å². The number of rotatable bonds is 8. The second-order valence-corrected chi connectivity index (χ2v) is 7.31. The molecule has 5 nitrogen and oxygen atoms in total. The molecule has 1 aliphatic heterocycles. The van der Waals surface area contributed by atoms with Crippen LogP contribution in [0.1, 0.15) is 59.9 Å². The zero-order chi connectivity index (χ0) is 23.1. The summed E-state index contributed by atoms with van der Waals surface area (Å²) in [5.74, 6) is 1.51. The van der Waals surface area contributed by atoms with Crippen LogP contribution >= 0.6 is 0 Å². The maximum Gasteiger partial charge on any atom is 0.151 e. The lowest BCUT2D eigenvalue weighted by molar-refractivity contribution is 0.500. The Bertz CT molecular complexity index is 829. The van der Waals surface area contributed by atoms with Crippen molar-refractivity contribution in [3.63, 3.8) is 0 Å². The fourth-order valence-electron chi connectivity index (χ4n) is 2.89. The molecule has 0 spiro atoms. The second kappa shape index (κ2) is 14.8. The monoisotopic (exact) mass is 421 g/mol. The number of nitrogens with zero attached hydrogens (tertiary/aromatic N) is 3. The summed E-state index contributed by atoms with van der Waals surface area (Å²) in [6.07, 6.45) is 14.4. The number of nitrogens with two attached hydrogens (primary N) is 1. The van der Waals surface area contributed by atoms with E-state index in [4.69, 9.17) is 5.73 Å². The van der Waals surface area contributed by atoms with Crippen LogP contribution in [0.25, 0.3) is 0 Å². The van der Waals surface area contributed by atoms with E-state index in [-0.39, 0.29) is 0 Å². The third-order valence-electron chi connectivity index (χ3n) is 4.65. The Morgan fingerprint density at radius 2 is 1.84 bits per heavy atom. The molecule has 0 bridgehead atoms. The van der Waals surface area contributed by atoms with Crippen LogP contribution in [0.4, 0.5) is 0 Å². The van der Waals surface area contributed by atoms with Crippen molar-refractivity contribution in [2.75, 3.05) is 0 Å². The van der Waals surface area contributed by atoms with Crippen molar-refractivity contribution in [2.24, 2.45) is 21.7 Å². The van der Waals surface area contributed by atoms with E-state index >= 15 is 0 Å². The topological polar surface area (TPSA) is 66.0 Å². The Kier molecular flexibility index (Phi) is 12.4. The van der Waals surface area contributed by atoms with E-state index < -0.39 is 0 Å². The number of hydrogen-bond acceptors (Lipinski definition) is 5. The first-order valence-corrected chi connectivity index (χ1v) is 11.1. The quantitative estimate of drug-likeness (QED) is 0.498. The van der Waals surface area contributed by atoms with Gasteiger partial charge in [-0.3, -0.25) is 0 Å². The van der Waals surface area contributed by atoms with Crippen LogP contribution in [0.3, 0.4) is 0 Å². The van der Waals surface area contributed by atoms with Crippen LogP contribution < -0.4 is 11.1 Å². The summed E-state index contributed by atoms with van der Waals surface area (Å²) in [5.41, 5.74) is 9.45. The first-order valence-electron chi connectivity index (χ1n) is 11.1. The normalized spacial score (nSPS) is 16.8. The summed E-state index contributed by atoms with van der Waals surface area (Å²) in [5, 5.41) is 9.48. The van der Waals surface area contributed by atoms with Crippen LogP contribution in [0.15, 0.2) is 88.4 Å². The summed E-state index contributed by atoms with van der Waals surface area (Å²) in [7, 11) is 0. The molecule has 0 saturated carbocycles. The van der Waals surface area contributed by atoms with Gasteiger partial charge in [-0.15, -0.1) is 0 Å². The number of nitrogens with one attached hydrogen (secondary N) is 1. The van der Waals surface area contributed by atoms with E-state index in [1.807, 2.05) is 43.4 Å². The number of hydrazone groups is 1. The molecular weight excluding hydrogens is 382 g/mol. The standard InChI is InChI=1S/C15H24N4.C11H15N/c1-6-8-10-19-14(12(4)11(3)9-7-2)15(16)17-13(5)18-19;1-2-3-9-12-10-11-7-5-4-6-8-11/h7-11H,6H2,1-5H3,(H2,16,17,18);3-9,12H,2,10H2,1H3/b9-7-,10-8-,14-12+;9-3-. The molecule has 1 atom stereocenters. The smallest absolute Gasteiger partial charge is 0.151 e. The number of hydrogen-bond donors (Lipinski definition) is 2. The predicted octanol–water partition coefficient (Wildman–Crippen LogP) is 6.10. The van der Waals surface area contributed by atoms with Gasteiger partial charge in [0.2, 0.25) is 0 Å². The first-order chi connectivity index (χ1) is 14.9. The van der Waals surface area contributed by atoms with E-state index in [9.17, 15) is 0 Å². The summed E-state index contributed by atoms with van der Waals surface area (Å²) < 4.78 is 0. The van der Waals surface area contributed by atoms with Crippen LogP contribution in [0.2, 0.25) is 0 Å². The molecule has 0 fully saturated rings. The SMILES string of the molecule is C/C=C\C(C)/C(C)=C1\C(N)=NC(C)=NN1/C=C\CC.CC/C=C\NCc1ccccc1. The lowest BCUT2D eigenvalue weighted by Gasteiger charge is -2.25. The molecule has 0 aromatic heterocycles. The highest BCUT2D eigenvalue weighted by atomic mass is 15.5. The summed E-state index contributed by atoms with van der Waals surface area (Å²) in [6.45, 7) is 13.2. The number of aliphatic imine (C=N–C) groups is 1. The minimum absolute atomic E-state index is 0.305. The van der Waals surface area contributed by atoms with Crippen LogP contribution in [-0.2, 0) is 6.54 Å². The zero-order valence-electron chi connectivity index (χ0n) is 20.0. The Morgan fingerprint density at radius 3 is 2.45 bits per heavy atom. The predicted molar refractivity (Wildman–Crippen MR) is 135 cm³/mol. The molecule has 31 heavy (non-hydrogen) atoms. The molecule has 0 radical (unpaired) electrons. The third-order valence-corrected chi connectivity index (χ3v) is 4.65. The van der Waals surface area contributed by atoms with Gasteiger partial charge in [-0.2, -0.15) is 5.10 Å². The largest absolute Gasteiger partial charge is 0.387 e. The Balaban J connectivity index is 0.000000343. The van der Waals surface area contributed by atoms with Crippen molar-refractivity contribution in [2.45, 2.75) is 60.9 Å². The van der Waals surface area contributed by atoms with Crippen molar-refractivity contribution in [3.05, 3.63) is 83.9 Å². The van der Waals surface area contributed by atoms with Gasteiger partial charge in [0.1, 0.15) is 11.5 Å². The van der Waals surface area contributed by atoms with Gasteiger partial charge in [-0.25, -0.2) is 10.0 Å². The van der Waals surface area contributed by atoms with Gasteiger partial charge in [0.05, 0.1) is 0 Å². The lowest BCUT2D eigenvalue weighted by atomic mass is 9.99.